The van der Waals surface area contributed by atoms with Gasteiger partial charge >= 0.3 is 0 Å². The maximum absolute atomic E-state index is 5.73. The van der Waals surface area contributed by atoms with Gasteiger partial charge in [0.25, 0.3) is 0 Å². The smallest absolute Gasteiger partial charge is 0.0953 e. The second-order valence-corrected chi connectivity index (χ2v) is 3.79. The first kappa shape index (κ1) is 9.49. The SMILES string of the molecule is CN1CCOC(c2cccc(N)c2)C1. The number of nitrogens with two attached hydrogens (primary N) is 1. The van der Waals surface area contributed by atoms with Crippen LogP contribution in [0.25, 0.3) is 0 Å². The second-order valence-electron chi connectivity index (χ2n) is 3.79. The van der Waals surface area contributed by atoms with Crippen LogP contribution in [-0.4, -0.2) is 31.6 Å². The zero-order valence-electron chi connectivity index (χ0n) is 8.44. The number of hydrogen-bond acceptors (Lipinski definition) is 3. The van der Waals surface area contributed by atoms with E-state index in [4.69, 9.17) is 10.5 Å². The van der Waals surface area contributed by atoms with Crippen molar-refractivity contribution in [2.75, 3.05) is 32.5 Å². The zero-order chi connectivity index (χ0) is 9.97. The Hall–Kier alpha value is -1.06. The Kier molecular flexibility index (Phi) is 2.70. The van der Waals surface area contributed by atoms with Crippen LogP contribution in [0.1, 0.15) is 11.7 Å². The molecule has 0 spiro atoms. The molecule has 76 valence electrons. The van der Waals surface area contributed by atoms with E-state index in [-0.39, 0.29) is 6.10 Å². The number of morpholine rings is 1. The number of nitrogens with zero attached hydrogens (tertiary/aromatic N) is 1. The standard InChI is InChI=1S/C11H16N2O/c1-13-5-6-14-11(8-13)9-3-2-4-10(12)7-9/h2-4,7,11H,5-6,8,12H2,1H3. The van der Waals surface area contributed by atoms with E-state index in [2.05, 4.69) is 18.0 Å². The molecule has 1 heterocycles. The third kappa shape index (κ3) is 2.05. The number of hydrogen-bond donors (Lipinski definition) is 1. The van der Waals surface area contributed by atoms with Crippen LogP contribution in [0.4, 0.5) is 5.69 Å². The Balaban J connectivity index is 2.14. The molecule has 1 atom stereocenters. The summed E-state index contributed by atoms with van der Waals surface area (Å²) in [6.07, 6.45) is 0.178. The topological polar surface area (TPSA) is 38.5 Å². The van der Waals surface area contributed by atoms with Gasteiger partial charge in [0.1, 0.15) is 0 Å². The fraction of sp³-hybridized carbons (Fsp3) is 0.455. The third-order valence-corrected chi connectivity index (χ3v) is 2.55. The Labute approximate surface area is 84.5 Å². The zero-order valence-corrected chi connectivity index (χ0v) is 8.44. The van der Waals surface area contributed by atoms with Crippen molar-refractivity contribution < 1.29 is 4.74 Å². The van der Waals surface area contributed by atoms with Crippen molar-refractivity contribution in [3.05, 3.63) is 29.8 Å². The van der Waals surface area contributed by atoms with E-state index in [1.165, 1.54) is 5.56 Å². The van der Waals surface area contributed by atoms with Gasteiger partial charge in [-0.2, -0.15) is 0 Å². The van der Waals surface area contributed by atoms with E-state index in [1.54, 1.807) is 0 Å². The van der Waals surface area contributed by atoms with Crippen LogP contribution in [0, 0.1) is 0 Å². The molecule has 1 unspecified atom stereocenters. The highest BCUT2D eigenvalue weighted by molar-refractivity contribution is 5.41. The van der Waals surface area contributed by atoms with Gasteiger partial charge in [-0.1, -0.05) is 12.1 Å². The predicted octanol–water partition coefficient (Wildman–Crippen LogP) is 1.27. The average molecular weight is 192 g/mol. The summed E-state index contributed by atoms with van der Waals surface area (Å²) in [4.78, 5) is 2.28. The summed E-state index contributed by atoms with van der Waals surface area (Å²) in [5.41, 5.74) is 7.71. The molecule has 3 nitrogen and oxygen atoms in total. The van der Waals surface area contributed by atoms with Crippen molar-refractivity contribution in [1.29, 1.82) is 0 Å². The van der Waals surface area contributed by atoms with Gasteiger partial charge in [-0.3, -0.25) is 0 Å². The molecule has 1 aromatic carbocycles. The average Bonchev–Trinajstić information content (AvgIpc) is 2.18. The maximum atomic E-state index is 5.73. The summed E-state index contributed by atoms with van der Waals surface area (Å²) in [6.45, 7) is 2.76. The molecule has 14 heavy (non-hydrogen) atoms. The van der Waals surface area contributed by atoms with E-state index < -0.39 is 0 Å². The number of benzene rings is 1. The van der Waals surface area contributed by atoms with Crippen LogP contribution < -0.4 is 5.73 Å². The predicted molar refractivity (Wildman–Crippen MR) is 57.0 cm³/mol. The lowest BCUT2D eigenvalue weighted by atomic mass is 10.1. The lowest BCUT2D eigenvalue weighted by Crippen LogP contribution is -2.35. The van der Waals surface area contributed by atoms with Gasteiger partial charge in [0.05, 0.1) is 12.7 Å². The van der Waals surface area contributed by atoms with Crippen molar-refractivity contribution in [2.45, 2.75) is 6.10 Å². The molecule has 2 rings (SSSR count). The highest BCUT2D eigenvalue weighted by Gasteiger charge is 2.19. The molecular weight excluding hydrogens is 176 g/mol. The Morgan fingerprint density at radius 2 is 2.36 bits per heavy atom. The van der Waals surface area contributed by atoms with Gasteiger partial charge in [0.2, 0.25) is 0 Å². The van der Waals surface area contributed by atoms with Gasteiger partial charge in [0.15, 0.2) is 0 Å². The summed E-state index contributed by atoms with van der Waals surface area (Å²) in [5.74, 6) is 0. The molecule has 0 bridgehead atoms. The molecule has 0 aromatic heterocycles. The molecule has 0 radical (unpaired) electrons. The van der Waals surface area contributed by atoms with E-state index in [1.807, 2.05) is 18.2 Å². The van der Waals surface area contributed by atoms with Crippen molar-refractivity contribution in [3.8, 4) is 0 Å². The fourth-order valence-corrected chi connectivity index (χ4v) is 1.74. The Morgan fingerprint density at radius 3 is 3.07 bits per heavy atom. The number of likely N-dealkylation sites (N-methyl/N-ethyl adjacent to an activating group) is 1. The van der Waals surface area contributed by atoms with Gasteiger partial charge < -0.3 is 15.4 Å². The molecule has 1 aromatic rings. The highest BCUT2D eigenvalue weighted by atomic mass is 16.5. The maximum Gasteiger partial charge on any atom is 0.0953 e. The molecule has 0 saturated carbocycles. The lowest BCUT2D eigenvalue weighted by molar-refractivity contribution is -0.0208. The van der Waals surface area contributed by atoms with Gasteiger partial charge in [0, 0.05) is 18.8 Å². The molecule has 1 saturated heterocycles. The van der Waals surface area contributed by atoms with Crippen LogP contribution in [0.3, 0.4) is 0 Å². The largest absolute Gasteiger partial charge is 0.399 e. The summed E-state index contributed by atoms with van der Waals surface area (Å²) in [7, 11) is 2.11. The highest BCUT2D eigenvalue weighted by Crippen LogP contribution is 2.22. The first-order valence-electron chi connectivity index (χ1n) is 4.91. The summed E-state index contributed by atoms with van der Waals surface area (Å²) >= 11 is 0. The Morgan fingerprint density at radius 1 is 1.50 bits per heavy atom. The van der Waals surface area contributed by atoms with E-state index in [9.17, 15) is 0 Å². The molecule has 3 heteroatoms. The lowest BCUT2D eigenvalue weighted by Gasteiger charge is -2.30. The van der Waals surface area contributed by atoms with Gasteiger partial charge in [-0.15, -0.1) is 0 Å². The minimum atomic E-state index is 0.178. The number of anilines is 1. The van der Waals surface area contributed by atoms with Crippen molar-refractivity contribution in [1.82, 2.24) is 4.90 Å². The van der Waals surface area contributed by atoms with E-state index >= 15 is 0 Å². The number of ether oxygens (including phenoxy) is 1. The van der Waals surface area contributed by atoms with E-state index in [0.29, 0.717) is 0 Å². The third-order valence-electron chi connectivity index (χ3n) is 2.55. The van der Waals surface area contributed by atoms with Crippen LogP contribution in [0.5, 0.6) is 0 Å². The first-order chi connectivity index (χ1) is 6.75. The van der Waals surface area contributed by atoms with Crippen molar-refractivity contribution in [3.63, 3.8) is 0 Å². The summed E-state index contributed by atoms with van der Waals surface area (Å²) in [5, 5.41) is 0. The van der Waals surface area contributed by atoms with Crippen LogP contribution in [-0.2, 0) is 4.74 Å². The van der Waals surface area contributed by atoms with Gasteiger partial charge in [-0.25, -0.2) is 0 Å². The molecular formula is C11H16N2O. The minimum Gasteiger partial charge on any atom is -0.399 e. The normalized spacial score (nSPS) is 23.6. The van der Waals surface area contributed by atoms with Gasteiger partial charge in [-0.05, 0) is 24.7 Å². The van der Waals surface area contributed by atoms with Crippen LogP contribution in [0.15, 0.2) is 24.3 Å². The molecule has 1 fully saturated rings. The molecule has 1 aliphatic heterocycles. The quantitative estimate of drug-likeness (QED) is 0.681. The van der Waals surface area contributed by atoms with Crippen LogP contribution >= 0.6 is 0 Å². The van der Waals surface area contributed by atoms with Crippen molar-refractivity contribution in [2.24, 2.45) is 0 Å². The number of nitrogen functional groups attached to an aromatic ring is 1. The van der Waals surface area contributed by atoms with E-state index in [0.717, 1.165) is 25.4 Å². The minimum absolute atomic E-state index is 0.178. The first-order valence-corrected chi connectivity index (χ1v) is 4.91. The summed E-state index contributed by atoms with van der Waals surface area (Å²) < 4.78 is 5.69. The number of rotatable bonds is 1. The summed E-state index contributed by atoms with van der Waals surface area (Å²) in [6, 6.07) is 7.93. The monoisotopic (exact) mass is 192 g/mol. The molecule has 0 aliphatic carbocycles. The molecule has 0 amide bonds. The Bertz CT molecular complexity index is 314. The molecule has 1 aliphatic rings. The van der Waals surface area contributed by atoms with Crippen LogP contribution in [0.2, 0.25) is 0 Å². The fourth-order valence-electron chi connectivity index (χ4n) is 1.74. The molecule has 2 N–H and O–H groups in total. The van der Waals surface area contributed by atoms with Crippen molar-refractivity contribution >= 4 is 5.69 Å². The second kappa shape index (κ2) is 3.98.